The molecule has 0 spiro atoms. The molecule has 6 nitrogen and oxygen atoms in total. The molecule has 0 saturated heterocycles. The van der Waals surface area contributed by atoms with Crippen molar-refractivity contribution in [2.45, 2.75) is 39.0 Å². The van der Waals surface area contributed by atoms with Crippen LogP contribution >= 0.6 is 21.6 Å². The summed E-state index contributed by atoms with van der Waals surface area (Å²) >= 11 is 1.65. The zero-order valence-corrected chi connectivity index (χ0v) is 24.9. The molecule has 1 aromatic carbocycles. The van der Waals surface area contributed by atoms with Crippen LogP contribution in [0.25, 0.3) is 32.5 Å². The fraction of sp³-hybridized carbons (Fsp3) is 0.333. The third kappa shape index (κ3) is 5.82. The van der Waals surface area contributed by atoms with Gasteiger partial charge in [0.15, 0.2) is 0 Å². The van der Waals surface area contributed by atoms with Gasteiger partial charge in [-0.3, -0.25) is 14.0 Å². The van der Waals surface area contributed by atoms with Gasteiger partial charge in [-0.1, -0.05) is 46.8 Å². The van der Waals surface area contributed by atoms with Gasteiger partial charge in [0, 0.05) is 28.1 Å². The predicted octanol–water partition coefficient (Wildman–Crippen LogP) is 7.66. The average Bonchev–Trinajstić information content (AvgIpc) is 3.52. The molecule has 0 N–H and O–H groups in total. The maximum absolute atomic E-state index is 12.3. The zero-order valence-electron chi connectivity index (χ0n) is 23.2. The van der Waals surface area contributed by atoms with Crippen molar-refractivity contribution in [2.24, 2.45) is 7.05 Å². The summed E-state index contributed by atoms with van der Waals surface area (Å²) in [4.78, 5) is 13.4. The molecule has 0 fully saturated rings. The van der Waals surface area contributed by atoms with Crippen LogP contribution in [0, 0.1) is 0 Å². The smallest absolute Gasteiger partial charge is 0.218 e. The number of benzene rings is 1. The van der Waals surface area contributed by atoms with E-state index >= 15 is 0 Å². The van der Waals surface area contributed by atoms with Crippen LogP contribution in [0.4, 0.5) is 0 Å². The molecule has 0 amide bonds. The van der Waals surface area contributed by atoms with Gasteiger partial charge < -0.3 is 8.92 Å². The minimum atomic E-state index is -1.36. The first-order valence-corrected chi connectivity index (χ1v) is 15.8. The highest BCUT2D eigenvalue weighted by Crippen LogP contribution is 2.53. The molecule has 0 aliphatic heterocycles. The van der Waals surface area contributed by atoms with Crippen LogP contribution in [0.1, 0.15) is 32.6 Å². The third-order valence-corrected chi connectivity index (χ3v) is 11.3. The fourth-order valence-corrected chi connectivity index (χ4v) is 5.79. The average molecular weight is 552 g/mol. The first-order chi connectivity index (χ1) is 18.1. The van der Waals surface area contributed by atoms with Crippen LogP contribution in [0.15, 0.2) is 66.8 Å². The summed E-state index contributed by atoms with van der Waals surface area (Å²) in [6.07, 6.45) is 17.1. The molecule has 4 aromatic rings. The van der Waals surface area contributed by atoms with Crippen LogP contribution in [-0.2, 0) is 23.2 Å². The molecule has 0 aliphatic carbocycles. The number of aryl methyl sites for hydroxylation is 1. The zero-order chi connectivity index (χ0) is 27.5. The van der Waals surface area contributed by atoms with Crippen molar-refractivity contribution in [1.82, 2.24) is 14.3 Å². The Labute approximate surface area is 230 Å². The Hall–Kier alpha value is -3.07. The number of hydrogen-bond acceptors (Lipinski definition) is 5. The first kappa shape index (κ1) is 28.0. The van der Waals surface area contributed by atoms with Crippen molar-refractivity contribution >= 4 is 49.2 Å². The summed E-state index contributed by atoms with van der Waals surface area (Å²) in [5.74, 6) is 0.772. The van der Waals surface area contributed by atoms with Crippen molar-refractivity contribution in [3.05, 3.63) is 71.7 Å². The number of ether oxygens (including phenoxy) is 1. The highest BCUT2D eigenvalue weighted by atomic mass is 32.3. The van der Waals surface area contributed by atoms with Crippen molar-refractivity contribution in [1.29, 1.82) is 0 Å². The van der Waals surface area contributed by atoms with Gasteiger partial charge in [0.1, 0.15) is 11.4 Å². The second-order valence-corrected chi connectivity index (χ2v) is 15.4. The number of hydrogen-bond donors (Lipinski definition) is 0. The maximum atomic E-state index is 12.3. The predicted molar refractivity (Wildman–Crippen MR) is 164 cm³/mol. The highest BCUT2D eigenvalue weighted by molar-refractivity contribution is 8.30. The van der Waals surface area contributed by atoms with E-state index in [9.17, 15) is 4.79 Å². The van der Waals surface area contributed by atoms with E-state index in [-0.39, 0.29) is 4.75 Å². The Kier molecular flexibility index (Phi) is 8.35. The quantitative estimate of drug-likeness (QED) is 0.115. The Morgan fingerprint density at radius 3 is 2.53 bits per heavy atom. The van der Waals surface area contributed by atoms with E-state index in [1.54, 1.807) is 15.9 Å². The summed E-state index contributed by atoms with van der Waals surface area (Å²) in [7, 11) is 0.573. The standard InChI is InChI=1S/C30H37N3O3S2/c1-8-9-10-11-12-13-16-35-20-24-19-27-29(37-24)28(31-32(27)5)26-17-22-14-15-23(18-25(22)33(26)21-34)36-38(6,7)30(2,3)4/h8-15,17-19,21H,16,20H2,1-7H3/b9-8-,11-10-,13-12+. The van der Waals surface area contributed by atoms with E-state index in [1.165, 1.54) is 0 Å². The molecular weight excluding hydrogens is 514 g/mol. The van der Waals surface area contributed by atoms with E-state index < -0.39 is 10.3 Å². The lowest BCUT2D eigenvalue weighted by atomic mass is 10.2. The van der Waals surface area contributed by atoms with Crippen LogP contribution in [0.2, 0.25) is 0 Å². The van der Waals surface area contributed by atoms with E-state index in [4.69, 9.17) is 14.0 Å². The molecule has 4 rings (SSSR count). The Morgan fingerprint density at radius 2 is 1.82 bits per heavy atom. The summed E-state index contributed by atoms with van der Waals surface area (Å²) in [6, 6.07) is 10.1. The molecule has 0 aliphatic rings. The third-order valence-electron chi connectivity index (χ3n) is 6.64. The van der Waals surface area contributed by atoms with Gasteiger partial charge in [-0.15, -0.1) is 11.3 Å². The normalized spacial score (nSPS) is 13.7. The lowest BCUT2D eigenvalue weighted by Crippen LogP contribution is -2.27. The van der Waals surface area contributed by atoms with E-state index in [2.05, 4.69) is 39.3 Å². The highest BCUT2D eigenvalue weighted by Gasteiger charge is 2.30. The molecule has 3 aromatic heterocycles. The first-order valence-electron chi connectivity index (χ1n) is 12.6. The van der Waals surface area contributed by atoms with Crippen molar-refractivity contribution in [2.75, 3.05) is 19.1 Å². The number of rotatable bonds is 10. The summed E-state index contributed by atoms with van der Waals surface area (Å²) in [5, 5.41) is 5.75. The molecule has 202 valence electrons. The minimum absolute atomic E-state index is 0.0273. The van der Waals surface area contributed by atoms with Gasteiger partial charge in [-0.05, 0) is 64.5 Å². The SMILES string of the molecule is C\C=C/C=C\C=C\COCc1cc2c(s1)c(-c1cc3ccc(OS(C)(C)C(C)(C)C)cc3n1C=O)nn2C. The second-order valence-electron chi connectivity index (χ2n) is 10.4. The molecular formula is C30H37N3O3S2. The summed E-state index contributed by atoms with van der Waals surface area (Å²) < 4.78 is 16.9. The van der Waals surface area contributed by atoms with Gasteiger partial charge in [-0.2, -0.15) is 5.10 Å². The second kappa shape index (κ2) is 11.4. The number of carbonyl (C=O) groups excluding carboxylic acids is 1. The number of nitrogens with zero attached hydrogens (tertiary/aromatic N) is 3. The van der Waals surface area contributed by atoms with Crippen LogP contribution in [-0.4, -0.2) is 44.6 Å². The summed E-state index contributed by atoms with van der Waals surface area (Å²) in [6.45, 7) is 9.63. The number of aromatic nitrogens is 3. The molecule has 0 atom stereocenters. The minimum Gasteiger partial charge on any atom is -0.449 e. The topological polar surface area (TPSA) is 58.3 Å². The van der Waals surface area contributed by atoms with E-state index in [0.29, 0.717) is 13.2 Å². The Balaban J connectivity index is 1.61. The van der Waals surface area contributed by atoms with Crippen molar-refractivity contribution < 1.29 is 13.7 Å². The van der Waals surface area contributed by atoms with Crippen LogP contribution < -0.4 is 4.18 Å². The fourth-order valence-electron chi connectivity index (χ4n) is 3.84. The van der Waals surface area contributed by atoms with Gasteiger partial charge >= 0.3 is 0 Å². The number of thiophene rings is 1. The van der Waals surface area contributed by atoms with Crippen molar-refractivity contribution in [3.63, 3.8) is 0 Å². The number of fused-ring (bicyclic) bond motifs is 2. The summed E-state index contributed by atoms with van der Waals surface area (Å²) in [5.41, 5.74) is 3.39. The van der Waals surface area contributed by atoms with E-state index in [1.807, 2.05) is 79.4 Å². The molecule has 0 saturated carbocycles. The number of allylic oxidation sites excluding steroid dienone is 5. The molecule has 0 unspecified atom stereocenters. The van der Waals surface area contributed by atoms with Gasteiger partial charge in [-0.25, -0.2) is 0 Å². The van der Waals surface area contributed by atoms with Gasteiger partial charge in [0.25, 0.3) is 0 Å². The lowest BCUT2D eigenvalue weighted by Gasteiger charge is -2.43. The monoisotopic (exact) mass is 551 g/mol. The van der Waals surface area contributed by atoms with Crippen LogP contribution in [0.5, 0.6) is 5.75 Å². The molecule has 3 heterocycles. The molecule has 8 heteroatoms. The largest absolute Gasteiger partial charge is 0.449 e. The van der Waals surface area contributed by atoms with Gasteiger partial charge in [0.2, 0.25) is 6.41 Å². The maximum Gasteiger partial charge on any atom is 0.218 e. The number of carbonyl (C=O) groups is 1. The Morgan fingerprint density at radius 1 is 1.05 bits per heavy atom. The molecule has 38 heavy (non-hydrogen) atoms. The van der Waals surface area contributed by atoms with Crippen molar-refractivity contribution in [3.8, 4) is 17.1 Å². The van der Waals surface area contributed by atoms with E-state index in [0.717, 1.165) is 49.5 Å². The lowest BCUT2D eigenvalue weighted by molar-refractivity contribution is 0.151. The molecule has 0 bridgehead atoms. The van der Waals surface area contributed by atoms with Crippen LogP contribution in [0.3, 0.4) is 0 Å². The molecule has 0 radical (unpaired) electrons. The Bertz CT molecular complexity index is 1530. The van der Waals surface area contributed by atoms with Gasteiger partial charge in [0.05, 0.1) is 34.6 Å².